The van der Waals surface area contributed by atoms with Gasteiger partial charge in [-0.2, -0.15) is 0 Å². The lowest BCUT2D eigenvalue weighted by Gasteiger charge is -2.06. The number of hydrogen-bond acceptors (Lipinski definition) is 9. The molecule has 0 saturated carbocycles. The molecular weight excluding hydrogens is 396 g/mol. The lowest BCUT2D eigenvalue weighted by molar-refractivity contribution is -0.394. The van der Waals surface area contributed by atoms with Crippen molar-refractivity contribution in [3.05, 3.63) is 80.4 Å². The number of hydrogen-bond donors (Lipinski definition) is 0. The zero-order valence-corrected chi connectivity index (χ0v) is 15.5. The quantitative estimate of drug-likeness (QED) is 0.324. The third-order valence-electron chi connectivity index (χ3n) is 3.86. The second-order valence-electron chi connectivity index (χ2n) is 5.86. The molecular formula is C19H14N4O7. The highest BCUT2D eigenvalue weighted by Gasteiger charge is 2.21. The van der Waals surface area contributed by atoms with E-state index in [0.717, 1.165) is 23.8 Å². The van der Waals surface area contributed by atoms with Gasteiger partial charge in [-0.1, -0.05) is 0 Å². The zero-order valence-electron chi connectivity index (χ0n) is 15.5. The summed E-state index contributed by atoms with van der Waals surface area (Å²) >= 11 is 0. The molecule has 1 aromatic heterocycles. The number of carbonyl (C=O) groups is 1. The minimum absolute atomic E-state index is 0.163. The molecule has 11 nitrogen and oxygen atoms in total. The Labute approximate surface area is 169 Å². The van der Waals surface area contributed by atoms with Gasteiger partial charge in [0.2, 0.25) is 5.88 Å². The van der Waals surface area contributed by atoms with Crippen LogP contribution in [0.5, 0.6) is 11.6 Å². The first-order chi connectivity index (χ1) is 14.4. The Hall–Kier alpha value is -4.41. The minimum Gasteiger partial charge on any atom is -0.494 e. The SMILES string of the molecule is CCOc1ccc(-c2ccc(OC(=O)c3cc([N+](=O)[O-])cc([N+](=O)[O-])c3)nn2)cc1. The number of ether oxygens (including phenoxy) is 2. The van der Waals surface area contributed by atoms with Crippen LogP contribution in [0.15, 0.2) is 54.6 Å². The molecule has 0 aliphatic rings. The van der Waals surface area contributed by atoms with Gasteiger partial charge in [0, 0.05) is 23.8 Å². The number of rotatable bonds is 7. The fraction of sp³-hybridized carbons (Fsp3) is 0.105. The Balaban J connectivity index is 1.77. The molecule has 0 fully saturated rings. The van der Waals surface area contributed by atoms with E-state index >= 15 is 0 Å². The monoisotopic (exact) mass is 410 g/mol. The molecule has 2 aromatic carbocycles. The molecule has 0 atom stereocenters. The van der Waals surface area contributed by atoms with Crippen LogP contribution in [0.2, 0.25) is 0 Å². The van der Waals surface area contributed by atoms with Crippen LogP contribution in [0.3, 0.4) is 0 Å². The normalized spacial score (nSPS) is 10.3. The lowest BCUT2D eigenvalue weighted by Crippen LogP contribution is -2.11. The number of aromatic nitrogens is 2. The molecule has 1 heterocycles. The predicted octanol–water partition coefficient (Wildman–Crippen LogP) is 3.58. The maximum absolute atomic E-state index is 12.3. The van der Waals surface area contributed by atoms with E-state index < -0.39 is 27.2 Å². The van der Waals surface area contributed by atoms with Crippen molar-refractivity contribution in [2.45, 2.75) is 6.92 Å². The number of carbonyl (C=O) groups excluding carboxylic acids is 1. The smallest absolute Gasteiger partial charge is 0.345 e. The van der Waals surface area contributed by atoms with Crippen molar-refractivity contribution in [3.63, 3.8) is 0 Å². The van der Waals surface area contributed by atoms with Crippen LogP contribution >= 0.6 is 0 Å². The van der Waals surface area contributed by atoms with Crippen molar-refractivity contribution in [1.29, 1.82) is 0 Å². The van der Waals surface area contributed by atoms with Gasteiger partial charge < -0.3 is 9.47 Å². The van der Waals surface area contributed by atoms with Gasteiger partial charge in [-0.3, -0.25) is 20.2 Å². The molecule has 3 rings (SSSR count). The predicted molar refractivity (Wildman–Crippen MR) is 103 cm³/mol. The van der Waals surface area contributed by atoms with Gasteiger partial charge in [0.1, 0.15) is 5.75 Å². The van der Waals surface area contributed by atoms with Crippen molar-refractivity contribution in [3.8, 4) is 22.9 Å². The number of benzene rings is 2. The lowest BCUT2D eigenvalue weighted by atomic mass is 10.1. The first-order valence-corrected chi connectivity index (χ1v) is 8.60. The molecule has 0 radical (unpaired) electrons. The molecule has 0 bridgehead atoms. The van der Waals surface area contributed by atoms with Crippen LogP contribution in [-0.4, -0.2) is 32.6 Å². The van der Waals surface area contributed by atoms with Crippen molar-refractivity contribution < 1.29 is 24.1 Å². The van der Waals surface area contributed by atoms with E-state index in [1.165, 1.54) is 6.07 Å². The Morgan fingerprint density at radius 2 is 1.57 bits per heavy atom. The van der Waals surface area contributed by atoms with Gasteiger partial charge in [0.05, 0.1) is 33.8 Å². The highest BCUT2D eigenvalue weighted by molar-refractivity contribution is 5.92. The van der Waals surface area contributed by atoms with E-state index in [1.54, 1.807) is 30.3 Å². The third-order valence-corrected chi connectivity index (χ3v) is 3.86. The van der Waals surface area contributed by atoms with E-state index in [0.29, 0.717) is 18.1 Å². The highest BCUT2D eigenvalue weighted by atomic mass is 16.6. The molecule has 0 amide bonds. The Bertz CT molecular complexity index is 1070. The van der Waals surface area contributed by atoms with Crippen LogP contribution in [0.1, 0.15) is 17.3 Å². The second kappa shape index (κ2) is 8.73. The van der Waals surface area contributed by atoms with Gasteiger partial charge in [-0.15, -0.1) is 10.2 Å². The summed E-state index contributed by atoms with van der Waals surface area (Å²) in [7, 11) is 0. The highest BCUT2D eigenvalue weighted by Crippen LogP contribution is 2.24. The minimum atomic E-state index is -1.04. The average molecular weight is 410 g/mol. The summed E-state index contributed by atoms with van der Waals surface area (Å²) in [5.74, 6) is -0.487. The summed E-state index contributed by atoms with van der Waals surface area (Å²) in [5.41, 5.74) is -0.281. The molecule has 152 valence electrons. The molecule has 0 saturated heterocycles. The fourth-order valence-electron chi connectivity index (χ4n) is 2.49. The summed E-state index contributed by atoms with van der Waals surface area (Å²) < 4.78 is 10.4. The van der Waals surface area contributed by atoms with E-state index in [2.05, 4.69) is 10.2 Å². The van der Waals surface area contributed by atoms with E-state index in [9.17, 15) is 25.0 Å². The maximum atomic E-state index is 12.3. The van der Waals surface area contributed by atoms with Crippen LogP contribution in [0.25, 0.3) is 11.3 Å². The van der Waals surface area contributed by atoms with Crippen molar-refractivity contribution in [2.75, 3.05) is 6.61 Å². The summed E-state index contributed by atoms with van der Waals surface area (Å²) in [6, 6.07) is 12.6. The number of esters is 1. The van der Waals surface area contributed by atoms with E-state index in [4.69, 9.17) is 9.47 Å². The summed E-state index contributed by atoms with van der Waals surface area (Å²) in [5, 5.41) is 29.7. The van der Waals surface area contributed by atoms with Gasteiger partial charge in [0.15, 0.2) is 0 Å². The molecule has 0 unspecified atom stereocenters. The fourth-order valence-corrected chi connectivity index (χ4v) is 2.49. The summed E-state index contributed by atoms with van der Waals surface area (Å²) in [6.45, 7) is 2.43. The van der Waals surface area contributed by atoms with E-state index in [1.807, 2.05) is 6.92 Å². The van der Waals surface area contributed by atoms with Gasteiger partial charge in [0.25, 0.3) is 11.4 Å². The standard InChI is InChI=1S/C19H14N4O7/c1-2-29-16-5-3-12(4-6-16)17-7-8-18(21-20-17)30-19(24)13-9-14(22(25)26)11-15(10-13)23(27)28/h3-11H,2H2,1H3. The molecule has 0 spiro atoms. The number of non-ortho nitro benzene ring substituents is 2. The van der Waals surface area contributed by atoms with E-state index in [-0.39, 0.29) is 11.4 Å². The third kappa shape index (κ3) is 4.70. The molecule has 3 aromatic rings. The summed E-state index contributed by atoms with van der Waals surface area (Å²) in [4.78, 5) is 32.5. The zero-order chi connectivity index (χ0) is 21.7. The first kappa shape index (κ1) is 20.3. The first-order valence-electron chi connectivity index (χ1n) is 8.60. The van der Waals surface area contributed by atoms with Crippen LogP contribution < -0.4 is 9.47 Å². The topological polar surface area (TPSA) is 148 Å². The van der Waals surface area contributed by atoms with Gasteiger partial charge in [-0.25, -0.2) is 4.79 Å². The number of nitrogens with zero attached hydrogens (tertiary/aromatic N) is 4. The number of nitro groups is 2. The Kier molecular flexibility index (Phi) is 5.92. The molecule has 0 N–H and O–H groups in total. The molecule has 0 aliphatic carbocycles. The van der Waals surface area contributed by atoms with Crippen molar-refractivity contribution in [1.82, 2.24) is 10.2 Å². The average Bonchev–Trinajstić information content (AvgIpc) is 2.74. The van der Waals surface area contributed by atoms with Crippen LogP contribution in [0, 0.1) is 20.2 Å². The van der Waals surface area contributed by atoms with Crippen LogP contribution in [0.4, 0.5) is 11.4 Å². The second-order valence-corrected chi connectivity index (χ2v) is 5.86. The molecule has 11 heteroatoms. The Morgan fingerprint density at radius 3 is 2.07 bits per heavy atom. The Morgan fingerprint density at radius 1 is 0.933 bits per heavy atom. The maximum Gasteiger partial charge on any atom is 0.345 e. The van der Waals surface area contributed by atoms with Gasteiger partial charge in [-0.05, 0) is 37.3 Å². The summed E-state index contributed by atoms with van der Waals surface area (Å²) in [6.07, 6.45) is 0. The molecule has 0 aliphatic heterocycles. The van der Waals surface area contributed by atoms with Gasteiger partial charge >= 0.3 is 5.97 Å². The largest absolute Gasteiger partial charge is 0.494 e. The van der Waals surface area contributed by atoms with Crippen molar-refractivity contribution in [2.24, 2.45) is 0 Å². The van der Waals surface area contributed by atoms with Crippen LogP contribution in [-0.2, 0) is 0 Å². The van der Waals surface area contributed by atoms with Crippen molar-refractivity contribution >= 4 is 17.3 Å². The molecule has 30 heavy (non-hydrogen) atoms. The number of nitro benzene ring substituents is 2.